The molecule has 2 N–H and O–H groups in total. The highest BCUT2D eigenvalue weighted by Crippen LogP contribution is 2.37. The first kappa shape index (κ1) is 14.3. The van der Waals surface area contributed by atoms with E-state index in [-0.39, 0.29) is 12.0 Å². The van der Waals surface area contributed by atoms with Gasteiger partial charge in [0.1, 0.15) is 0 Å². The number of halogens is 1. The molecule has 1 aliphatic carbocycles. The Bertz CT molecular complexity index is 508. The quantitative estimate of drug-likeness (QED) is 0.781. The molecule has 0 spiro atoms. The zero-order chi connectivity index (χ0) is 14.1. The van der Waals surface area contributed by atoms with Crippen LogP contribution in [0.3, 0.4) is 0 Å². The molecule has 108 valence electrons. The Morgan fingerprint density at radius 3 is 3.00 bits per heavy atom. The number of likely N-dealkylation sites (tertiary alicyclic amines) is 1. The Hall–Kier alpha value is -0.660. The predicted octanol–water partition coefficient (Wildman–Crippen LogP) is 1.93. The molecule has 1 aliphatic heterocycles. The highest BCUT2D eigenvalue weighted by Gasteiger charge is 2.41. The summed E-state index contributed by atoms with van der Waals surface area (Å²) in [4.78, 5) is 14.2. The van der Waals surface area contributed by atoms with E-state index in [9.17, 15) is 9.90 Å². The van der Waals surface area contributed by atoms with Gasteiger partial charge < -0.3 is 10.4 Å². The standard InChI is InChI=1S/C15H19IN2O2/c16-11-2-1-3-12(6-11)17-15(20)9-18-7-10-4-5-14(19)13(10)8-18/h1-3,6,10,13-14,19H,4-5,7-9H2,(H,17,20). The molecule has 2 aliphatic rings. The number of nitrogens with one attached hydrogen (secondary N) is 1. The van der Waals surface area contributed by atoms with Gasteiger partial charge in [0, 0.05) is 28.3 Å². The van der Waals surface area contributed by atoms with Gasteiger partial charge in [-0.3, -0.25) is 9.69 Å². The molecule has 0 aromatic heterocycles. The van der Waals surface area contributed by atoms with Crippen LogP contribution in [0.15, 0.2) is 24.3 Å². The first-order valence-electron chi connectivity index (χ1n) is 7.07. The minimum absolute atomic E-state index is 0.0291. The van der Waals surface area contributed by atoms with Crippen molar-refractivity contribution in [2.24, 2.45) is 11.8 Å². The lowest BCUT2D eigenvalue weighted by molar-refractivity contribution is -0.117. The smallest absolute Gasteiger partial charge is 0.238 e. The summed E-state index contributed by atoms with van der Waals surface area (Å²) in [5.74, 6) is 0.984. The van der Waals surface area contributed by atoms with Gasteiger partial charge in [0.05, 0.1) is 12.6 Å². The summed E-state index contributed by atoms with van der Waals surface area (Å²) in [6.45, 7) is 2.22. The number of benzene rings is 1. The first-order valence-corrected chi connectivity index (χ1v) is 8.15. The third kappa shape index (κ3) is 3.15. The maximum absolute atomic E-state index is 12.1. The summed E-state index contributed by atoms with van der Waals surface area (Å²) < 4.78 is 1.11. The molecule has 0 radical (unpaired) electrons. The van der Waals surface area contributed by atoms with Crippen molar-refractivity contribution in [3.05, 3.63) is 27.8 Å². The molecular weight excluding hydrogens is 367 g/mol. The van der Waals surface area contributed by atoms with Gasteiger partial charge >= 0.3 is 0 Å². The van der Waals surface area contributed by atoms with Crippen LogP contribution in [0.4, 0.5) is 5.69 Å². The Kier molecular flexibility index (Phi) is 4.28. The topological polar surface area (TPSA) is 52.6 Å². The molecule has 1 saturated heterocycles. The molecule has 20 heavy (non-hydrogen) atoms. The number of amides is 1. The van der Waals surface area contributed by atoms with Gasteiger partial charge in [-0.15, -0.1) is 0 Å². The van der Waals surface area contributed by atoms with Crippen LogP contribution in [0.2, 0.25) is 0 Å². The largest absolute Gasteiger partial charge is 0.393 e. The summed E-state index contributed by atoms with van der Waals surface area (Å²) in [7, 11) is 0. The third-order valence-corrected chi connectivity index (χ3v) is 5.04. The molecule has 0 bridgehead atoms. The van der Waals surface area contributed by atoms with E-state index < -0.39 is 0 Å². The van der Waals surface area contributed by atoms with Crippen LogP contribution in [-0.4, -0.2) is 41.7 Å². The zero-order valence-corrected chi connectivity index (χ0v) is 13.4. The fourth-order valence-corrected chi connectivity index (χ4v) is 3.97. The van der Waals surface area contributed by atoms with Crippen LogP contribution in [-0.2, 0) is 4.79 Å². The van der Waals surface area contributed by atoms with Gasteiger partial charge in [0.15, 0.2) is 0 Å². The fourth-order valence-electron chi connectivity index (χ4n) is 3.43. The van der Waals surface area contributed by atoms with Crippen molar-refractivity contribution >= 4 is 34.2 Å². The summed E-state index contributed by atoms with van der Waals surface area (Å²) >= 11 is 2.23. The minimum atomic E-state index is -0.163. The second kappa shape index (κ2) is 5.99. The van der Waals surface area contributed by atoms with Crippen LogP contribution in [0, 0.1) is 15.4 Å². The molecule has 3 rings (SSSR count). The molecule has 1 amide bonds. The Morgan fingerprint density at radius 1 is 1.40 bits per heavy atom. The molecular formula is C15H19IN2O2. The molecule has 4 nitrogen and oxygen atoms in total. The van der Waals surface area contributed by atoms with Gasteiger partial charge in [-0.05, 0) is 59.5 Å². The second-order valence-corrected chi connectivity index (χ2v) is 7.07. The Balaban J connectivity index is 1.53. The lowest BCUT2D eigenvalue weighted by Gasteiger charge is -2.17. The maximum atomic E-state index is 12.1. The number of hydrogen-bond donors (Lipinski definition) is 2. The predicted molar refractivity (Wildman–Crippen MR) is 86.4 cm³/mol. The van der Waals surface area contributed by atoms with Crippen molar-refractivity contribution in [2.45, 2.75) is 18.9 Å². The number of carbonyl (C=O) groups excluding carboxylic acids is 1. The number of aliphatic hydroxyl groups is 1. The summed E-state index contributed by atoms with van der Waals surface area (Å²) in [5.41, 5.74) is 0.848. The number of carbonyl (C=O) groups is 1. The molecule has 3 atom stereocenters. The number of nitrogens with zero attached hydrogens (tertiary/aromatic N) is 1. The van der Waals surface area contributed by atoms with Gasteiger partial charge in [-0.2, -0.15) is 0 Å². The number of anilines is 1. The van der Waals surface area contributed by atoms with Crippen LogP contribution in [0.25, 0.3) is 0 Å². The van der Waals surface area contributed by atoms with E-state index in [0.29, 0.717) is 18.4 Å². The van der Waals surface area contributed by atoms with E-state index in [1.54, 1.807) is 0 Å². The van der Waals surface area contributed by atoms with Gasteiger partial charge in [-0.25, -0.2) is 0 Å². The number of hydrogen-bond acceptors (Lipinski definition) is 3. The van der Waals surface area contributed by atoms with Gasteiger partial charge in [-0.1, -0.05) is 6.07 Å². The monoisotopic (exact) mass is 386 g/mol. The third-order valence-electron chi connectivity index (χ3n) is 4.37. The fraction of sp³-hybridized carbons (Fsp3) is 0.533. The van der Waals surface area contributed by atoms with Crippen molar-refractivity contribution in [2.75, 3.05) is 25.0 Å². The Labute approximate surface area is 132 Å². The number of rotatable bonds is 3. The summed E-state index contributed by atoms with van der Waals surface area (Å²) in [6, 6.07) is 7.80. The zero-order valence-electron chi connectivity index (χ0n) is 11.3. The first-order chi connectivity index (χ1) is 9.61. The van der Waals surface area contributed by atoms with E-state index in [4.69, 9.17) is 0 Å². The molecule has 1 heterocycles. The van der Waals surface area contributed by atoms with Crippen molar-refractivity contribution in [1.82, 2.24) is 4.90 Å². The average Bonchev–Trinajstić information content (AvgIpc) is 2.92. The molecule has 1 saturated carbocycles. The highest BCUT2D eigenvalue weighted by atomic mass is 127. The molecule has 1 aromatic rings. The van der Waals surface area contributed by atoms with Crippen LogP contribution in [0.1, 0.15) is 12.8 Å². The maximum Gasteiger partial charge on any atom is 0.238 e. The van der Waals surface area contributed by atoms with E-state index in [2.05, 4.69) is 32.8 Å². The van der Waals surface area contributed by atoms with Crippen molar-refractivity contribution in [3.63, 3.8) is 0 Å². The normalized spacial score (nSPS) is 29.4. The van der Waals surface area contributed by atoms with Crippen molar-refractivity contribution < 1.29 is 9.90 Å². The minimum Gasteiger partial charge on any atom is -0.393 e. The van der Waals surface area contributed by atoms with Crippen molar-refractivity contribution in [1.29, 1.82) is 0 Å². The molecule has 2 fully saturated rings. The summed E-state index contributed by atoms with van der Waals surface area (Å²) in [5, 5.41) is 12.8. The summed E-state index contributed by atoms with van der Waals surface area (Å²) in [6.07, 6.45) is 1.86. The van der Waals surface area contributed by atoms with E-state index >= 15 is 0 Å². The lowest BCUT2D eigenvalue weighted by Crippen LogP contribution is -2.33. The lowest BCUT2D eigenvalue weighted by atomic mass is 10.00. The van der Waals surface area contributed by atoms with E-state index in [1.807, 2.05) is 24.3 Å². The molecule has 5 heteroatoms. The second-order valence-electron chi connectivity index (χ2n) is 5.82. The van der Waals surface area contributed by atoms with E-state index in [1.165, 1.54) is 0 Å². The number of fused-ring (bicyclic) bond motifs is 1. The van der Waals surface area contributed by atoms with E-state index in [0.717, 1.165) is 35.2 Å². The highest BCUT2D eigenvalue weighted by molar-refractivity contribution is 14.1. The van der Waals surface area contributed by atoms with Crippen LogP contribution < -0.4 is 5.32 Å². The van der Waals surface area contributed by atoms with Gasteiger partial charge in [0.2, 0.25) is 5.91 Å². The SMILES string of the molecule is O=C(CN1CC2CCC(O)C2C1)Nc1cccc(I)c1. The van der Waals surface area contributed by atoms with Crippen molar-refractivity contribution in [3.8, 4) is 0 Å². The Morgan fingerprint density at radius 2 is 2.25 bits per heavy atom. The molecule has 3 unspecified atom stereocenters. The molecule has 1 aromatic carbocycles. The number of aliphatic hydroxyl groups excluding tert-OH is 1. The van der Waals surface area contributed by atoms with Crippen LogP contribution >= 0.6 is 22.6 Å². The average molecular weight is 386 g/mol. The van der Waals surface area contributed by atoms with Crippen LogP contribution in [0.5, 0.6) is 0 Å². The van der Waals surface area contributed by atoms with Gasteiger partial charge in [0.25, 0.3) is 0 Å².